The fourth-order valence-electron chi connectivity index (χ4n) is 6.09. The third kappa shape index (κ3) is 5.78. The number of carbonyl (C=O) groups is 2. The summed E-state index contributed by atoms with van der Waals surface area (Å²) in [4.78, 5) is 48.8. The number of ether oxygens (including phenoxy) is 1. The maximum Gasteiger partial charge on any atom is 0.529 e. The highest BCUT2D eigenvalue weighted by Gasteiger charge is 2.41. The van der Waals surface area contributed by atoms with Crippen LogP contribution in [-0.4, -0.2) is 84.7 Å². The third-order valence-electron chi connectivity index (χ3n) is 7.93. The molecule has 0 saturated carbocycles. The fraction of sp³-hybridized carbons (Fsp3) is 0.467. The third-order valence-corrected chi connectivity index (χ3v) is 9.71. The number of amidine groups is 1. The molecule has 0 radical (unpaired) electrons. The van der Waals surface area contributed by atoms with Gasteiger partial charge in [-0.25, -0.2) is 9.59 Å². The van der Waals surface area contributed by atoms with Crippen LogP contribution in [0.15, 0.2) is 45.3 Å². The van der Waals surface area contributed by atoms with Gasteiger partial charge in [0.1, 0.15) is 23.8 Å². The van der Waals surface area contributed by atoms with Crippen LogP contribution in [0.2, 0.25) is 5.02 Å². The van der Waals surface area contributed by atoms with Crippen LogP contribution in [-0.2, 0) is 17.5 Å². The highest BCUT2D eigenvalue weighted by molar-refractivity contribution is 7.99. The molecule has 4 aliphatic heterocycles. The van der Waals surface area contributed by atoms with Crippen LogP contribution in [0.4, 0.5) is 28.6 Å². The van der Waals surface area contributed by atoms with Gasteiger partial charge in [-0.1, -0.05) is 22.4 Å². The number of piperazine rings is 1. The molecule has 0 spiro atoms. The van der Waals surface area contributed by atoms with Crippen molar-refractivity contribution >= 4 is 64.3 Å². The molecule has 46 heavy (non-hydrogen) atoms. The number of halogens is 4. The molecule has 11 nitrogen and oxygen atoms in total. The number of hydrogen-bond acceptors (Lipinski definition) is 8. The maximum absolute atomic E-state index is 14.4. The predicted octanol–water partition coefficient (Wildman–Crippen LogP) is 5.54. The Hall–Kier alpha value is -3.85. The van der Waals surface area contributed by atoms with Crippen molar-refractivity contribution < 1.29 is 32.2 Å². The monoisotopic (exact) mass is 678 g/mol. The fourth-order valence-corrected chi connectivity index (χ4v) is 7.67. The number of thioether (sulfide) groups is 1. The number of hydrazone groups is 1. The van der Waals surface area contributed by atoms with Crippen LogP contribution in [0.25, 0.3) is 10.9 Å². The largest absolute Gasteiger partial charge is 0.529 e. The van der Waals surface area contributed by atoms with Crippen LogP contribution >= 0.6 is 23.4 Å². The van der Waals surface area contributed by atoms with Crippen molar-refractivity contribution in [1.29, 1.82) is 0 Å². The number of aromatic nitrogens is 2. The number of anilines is 1. The zero-order valence-corrected chi connectivity index (χ0v) is 27.3. The van der Waals surface area contributed by atoms with Crippen LogP contribution in [0, 0.1) is 5.92 Å². The van der Waals surface area contributed by atoms with Gasteiger partial charge in [0.15, 0.2) is 0 Å². The standard InChI is InChI=1S/C30H32ClF3N7O4S/c1-16-11-37(12-17(2)41(16)28(44)45-29(3,4)5)25-19-10-20(30(32,33)34)22(31)24-23(19)39(26(42)35-25)13-18(15-46-24)14-40-27(43)38-9-7-6-8-21(38)36-40/h6-10,14,16-18H,11-13,15H2,1-5H3/q+1/b40-14+/t16-,17+,18?. The lowest BCUT2D eigenvalue weighted by Crippen LogP contribution is -2.59. The summed E-state index contributed by atoms with van der Waals surface area (Å²) in [6.45, 7) is 9.37. The topological polar surface area (TPSA) is 103 Å². The summed E-state index contributed by atoms with van der Waals surface area (Å²) in [6, 6.07) is -0.273. The number of rotatable bonds is 2. The second-order valence-electron chi connectivity index (χ2n) is 12.7. The van der Waals surface area contributed by atoms with E-state index in [9.17, 15) is 27.6 Å². The van der Waals surface area contributed by atoms with Gasteiger partial charge in [-0.05, 0) is 51.9 Å². The molecular formula is C30H32ClF3N7O4S+. The molecule has 6 rings (SSSR count). The number of hydrogen-bond donors (Lipinski definition) is 0. The second-order valence-corrected chi connectivity index (χ2v) is 14.1. The summed E-state index contributed by atoms with van der Waals surface area (Å²) in [7, 11) is 0. The van der Waals surface area contributed by atoms with Gasteiger partial charge < -0.3 is 9.64 Å². The van der Waals surface area contributed by atoms with E-state index in [1.807, 2.05) is 13.8 Å². The van der Waals surface area contributed by atoms with Gasteiger partial charge in [0.2, 0.25) is 0 Å². The molecule has 1 aromatic heterocycles. The molecule has 1 saturated heterocycles. The molecule has 244 valence electrons. The quantitative estimate of drug-likeness (QED) is 0.385. The summed E-state index contributed by atoms with van der Waals surface area (Å²) >= 11 is 7.54. The molecular weight excluding hydrogens is 647 g/mol. The van der Waals surface area contributed by atoms with E-state index in [-0.39, 0.29) is 47.0 Å². The Morgan fingerprint density at radius 1 is 1.13 bits per heavy atom. The molecule has 0 N–H and O–H groups in total. The van der Waals surface area contributed by atoms with E-state index in [4.69, 9.17) is 16.3 Å². The van der Waals surface area contributed by atoms with Crippen LogP contribution in [0.3, 0.4) is 0 Å². The molecule has 0 bridgehead atoms. The first-order valence-electron chi connectivity index (χ1n) is 14.7. The van der Waals surface area contributed by atoms with E-state index < -0.39 is 58.2 Å². The number of allylic oxidation sites excluding steroid dienone is 2. The Kier molecular flexibility index (Phi) is 7.98. The van der Waals surface area contributed by atoms with Crippen molar-refractivity contribution in [1.82, 2.24) is 19.4 Å². The van der Waals surface area contributed by atoms with Gasteiger partial charge in [0.05, 0.1) is 33.1 Å². The molecule has 3 amide bonds. The Morgan fingerprint density at radius 3 is 2.46 bits per heavy atom. The maximum atomic E-state index is 14.4. The van der Waals surface area contributed by atoms with E-state index in [1.54, 1.807) is 61.2 Å². The van der Waals surface area contributed by atoms with Gasteiger partial charge in [0.25, 0.3) is 5.84 Å². The highest BCUT2D eigenvalue weighted by Crippen LogP contribution is 2.46. The minimum Gasteiger partial charge on any atom is -0.444 e. The SMILES string of the molecule is C[C@@H]1CN(c2nc(=O)n3c4c(c(Cl)c(C(F)(F)F)cc24)SCC(/C=[N+]2/N=C4C=CC=CN4C2=O)C3)C[C@H](C)N1C(=O)OC(C)(C)C. The Morgan fingerprint density at radius 2 is 1.83 bits per heavy atom. The number of fused-ring (bicyclic) bond motifs is 1. The summed E-state index contributed by atoms with van der Waals surface area (Å²) in [5.41, 5.74) is -2.17. The summed E-state index contributed by atoms with van der Waals surface area (Å²) in [5, 5.41) is 3.95. The number of carbonyl (C=O) groups excluding carboxylic acids is 2. The van der Waals surface area contributed by atoms with Crippen LogP contribution in [0.5, 0.6) is 0 Å². The highest BCUT2D eigenvalue weighted by atomic mass is 35.5. The molecule has 5 heterocycles. The van der Waals surface area contributed by atoms with Crippen molar-refractivity contribution in [3.63, 3.8) is 0 Å². The van der Waals surface area contributed by atoms with Crippen molar-refractivity contribution in [3.05, 3.63) is 51.6 Å². The van der Waals surface area contributed by atoms with Gasteiger partial charge in [-0.15, -0.1) is 16.7 Å². The normalized spacial score (nSPS) is 24.1. The molecule has 1 aromatic carbocycles. The molecule has 2 aromatic rings. The van der Waals surface area contributed by atoms with Crippen LogP contribution < -0.4 is 10.6 Å². The van der Waals surface area contributed by atoms with Crippen molar-refractivity contribution in [2.24, 2.45) is 11.0 Å². The summed E-state index contributed by atoms with van der Waals surface area (Å²) in [6.07, 6.45) is 2.98. The van der Waals surface area contributed by atoms with E-state index in [1.165, 1.54) is 14.2 Å². The lowest BCUT2D eigenvalue weighted by Gasteiger charge is -2.45. The Balaban J connectivity index is 1.42. The van der Waals surface area contributed by atoms with E-state index in [2.05, 4.69) is 10.1 Å². The van der Waals surface area contributed by atoms with Crippen molar-refractivity contribution in [3.8, 4) is 0 Å². The van der Waals surface area contributed by atoms with Crippen molar-refractivity contribution in [2.75, 3.05) is 23.7 Å². The summed E-state index contributed by atoms with van der Waals surface area (Å²) in [5.74, 6) is 0.236. The minimum absolute atomic E-state index is 0.0316. The van der Waals surface area contributed by atoms with E-state index in [0.29, 0.717) is 5.84 Å². The average molecular weight is 679 g/mol. The zero-order valence-electron chi connectivity index (χ0n) is 25.7. The minimum atomic E-state index is -4.78. The summed E-state index contributed by atoms with van der Waals surface area (Å²) < 4.78 is 51.2. The first-order valence-corrected chi connectivity index (χ1v) is 16.0. The van der Waals surface area contributed by atoms with E-state index in [0.717, 1.165) is 17.8 Å². The smallest absolute Gasteiger partial charge is 0.444 e. The average Bonchev–Trinajstić information content (AvgIpc) is 3.12. The second kappa shape index (κ2) is 11.4. The lowest BCUT2D eigenvalue weighted by molar-refractivity contribution is -0.426. The molecule has 4 aliphatic rings. The van der Waals surface area contributed by atoms with Gasteiger partial charge in [0, 0.05) is 42.8 Å². The van der Waals surface area contributed by atoms with E-state index >= 15 is 0 Å². The van der Waals surface area contributed by atoms with Crippen molar-refractivity contribution in [2.45, 2.75) is 69.9 Å². The van der Waals surface area contributed by atoms with Gasteiger partial charge >= 0.3 is 24.0 Å². The lowest BCUT2D eigenvalue weighted by atomic mass is 10.1. The first-order chi connectivity index (χ1) is 21.5. The molecule has 0 aliphatic carbocycles. The molecule has 16 heteroatoms. The number of urea groups is 1. The Labute approximate surface area is 271 Å². The number of benzene rings is 1. The first kappa shape index (κ1) is 32.1. The number of amides is 3. The molecule has 1 unspecified atom stereocenters. The number of nitrogens with zero attached hydrogens (tertiary/aromatic N) is 7. The number of alkyl halides is 3. The van der Waals surface area contributed by atoms with Gasteiger partial charge in [-0.3, -0.25) is 9.47 Å². The predicted molar refractivity (Wildman–Crippen MR) is 169 cm³/mol. The van der Waals surface area contributed by atoms with Gasteiger partial charge in [-0.2, -0.15) is 22.9 Å². The molecule has 1 fully saturated rings. The Bertz CT molecular complexity index is 1820. The zero-order chi connectivity index (χ0) is 33.3. The van der Waals surface area contributed by atoms with Crippen LogP contribution in [0.1, 0.15) is 40.2 Å². The molecule has 3 atom stereocenters.